The molecular formula is C8H12N2OS. The number of carbonyl (C=O) groups is 1. The van der Waals surface area contributed by atoms with Gasteiger partial charge in [0, 0.05) is 11.4 Å². The fraction of sp³-hybridized carbons (Fsp3) is 0.375. The van der Waals surface area contributed by atoms with E-state index in [1.807, 2.05) is 29.5 Å². The first-order valence-electron chi connectivity index (χ1n) is 3.67. The highest BCUT2D eigenvalue weighted by Crippen LogP contribution is 2.10. The van der Waals surface area contributed by atoms with E-state index in [1.165, 1.54) is 4.88 Å². The Morgan fingerprint density at radius 2 is 2.50 bits per heavy atom. The topological polar surface area (TPSA) is 46.3 Å². The number of carbonyl (C=O) groups excluding carboxylic acids is 1. The quantitative estimate of drug-likeness (QED) is 0.747. The van der Waals surface area contributed by atoms with Gasteiger partial charge in [-0.1, -0.05) is 6.07 Å². The van der Waals surface area contributed by atoms with Gasteiger partial charge in [-0.15, -0.1) is 11.3 Å². The molecule has 0 unspecified atom stereocenters. The van der Waals surface area contributed by atoms with Crippen LogP contribution >= 0.6 is 11.3 Å². The molecule has 0 aliphatic rings. The van der Waals surface area contributed by atoms with Crippen LogP contribution in [-0.4, -0.2) is 24.4 Å². The molecule has 0 fully saturated rings. The Morgan fingerprint density at radius 3 is 3.00 bits per heavy atom. The molecule has 0 radical (unpaired) electrons. The number of nitrogens with zero attached hydrogens (tertiary/aromatic N) is 1. The van der Waals surface area contributed by atoms with Gasteiger partial charge in [0.05, 0.1) is 6.54 Å². The number of hydrogen-bond acceptors (Lipinski definition) is 3. The summed E-state index contributed by atoms with van der Waals surface area (Å²) >= 11 is 1.68. The minimum atomic E-state index is -0.283. The summed E-state index contributed by atoms with van der Waals surface area (Å²) in [4.78, 5) is 13.7. The smallest absolute Gasteiger partial charge is 0.231 e. The van der Waals surface area contributed by atoms with E-state index in [0.29, 0.717) is 6.54 Å². The molecule has 1 amide bonds. The first-order chi connectivity index (χ1) is 5.68. The summed E-state index contributed by atoms with van der Waals surface area (Å²) in [5.41, 5.74) is 5.05. The van der Waals surface area contributed by atoms with E-state index < -0.39 is 0 Å². The molecule has 0 saturated heterocycles. The van der Waals surface area contributed by atoms with Crippen molar-refractivity contribution >= 4 is 17.2 Å². The molecule has 0 spiro atoms. The van der Waals surface area contributed by atoms with Gasteiger partial charge in [0.1, 0.15) is 0 Å². The highest BCUT2D eigenvalue weighted by molar-refractivity contribution is 7.09. The van der Waals surface area contributed by atoms with E-state index in [2.05, 4.69) is 0 Å². The molecule has 1 aromatic heterocycles. The summed E-state index contributed by atoms with van der Waals surface area (Å²) in [7, 11) is 1.88. The Balaban J connectivity index is 2.36. The van der Waals surface area contributed by atoms with Gasteiger partial charge >= 0.3 is 0 Å². The molecule has 66 valence electrons. The van der Waals surface area contributed by atoms with Gasteiger partial charge in [-0.05, 0) is 18.5 Å². The van der Waals surface area contributed by atoms with Crippen molar-refractivity contribution in [3.63, 3.8) is 0 Å². The minimum absolute atomic E-state index is 0.283. The van der Waals surface area contributed by atoms with Crippen molar-refractivity contribution in [1.29, 1.82) is 0 Å². The van der Waals surface area contributed by atoms with Crippen LogP contribution in [0.5, 0.6) is 0 Å². The molecule has 0 aromatic carbocycles. The third-order valence-electron chi connectivity index (χ3n) is 1.43. The summed E-state index contributed by atoms with van der Waals surface area (Å²) in [6.07, 6.45) is 0. The van der Waals surface area contributed by atoms with Gasteiger partial charge in [-0.3, -0.25) is 9.69 Å². The zero-order valence-corrected chi connectivity index (χ0v) is 7.80. The molecule has 12 heavy (non-hydrogen) atoms. The van der Waals surface area contributed by atoms with Crippen molar-refractivity contribution in [2.24, 2.45) is 5.73 Å². The van der Waals surface area contributed by atoms with Crippen LogP contribution in [0.25, 0.3) is 0 Å². The average molecular weight is 184 g/mol. The van der Waals surface area contributed by atoms with Crippen LogP contribution in [0.4, 0.5) is 0 Å². The standard InChI is InChI=1S/C8H12N2OS/c1-10(6-8(9)11)5-7-3-2-4-12-7/h2-4H,5-6H2,1H3,(H2,9,11). The fourth-order valence-electron chi connectivity index (χ4n) is 0.991. The molecule has 3 nitrogen and oxygen atoms in total. The summed E-state index contributed by atoms with van der Waals surface area (Å²) in [6.45, 7) is 1.11. The summed E-state index contributed by atoms with van der Waals surface area (Å²) in [6, 6.07) is 4.04. The molecule has 0 atom stereocenters. The third-order valence-corrected chi connectivity index (χ3v) is 2.29. The van der Waals surface area contributed by atoms with Crippen molar-refractivity contribution < 1.29 is 4.79 Å². The monoisotopic (exact) mass is 184 g/mol. The van der Waals surface area contributed by atoms with Gasteiger partial charge < -0.3 is 5.73 Å². The normalized spacial score (nSPS) is 10.5. The Kier molecular flexibility index (Phi) is 3.25. The van der Waals surface area contributed by atoms with Crippen LogP contribution in [0.2, 0.25) is 0 Å². The number of rotatable bonds is 4. The lowest BCUT2D eigenvalue weighted by Gasteiger charge is -2.12. The van der Waals surface area contributed by atoms with E-state index in [-0.39, 0.29) is 5.91 Å². The predicted octanol–water partition coefficient (Wildman–Crippen LogP) is 0.665. The molecule has 1 heterocycles. The third kappa shape index (κ3) is 3.02. The number of thiophene rings is 1. The average Bonchev–Trinajstić information content (AvgIpc) is 2.37. The van der Waals surface area contributed by atoms with E-state index >= 15 is 0 Å². The van der Waals surface area contributed by atoms with Crippen LogP contribution in [0.3, 0.4) is 0 Å². The van der Waals surface area contributed by atoms with Gasteiger partial charge in [0.15, 0.2) is 0 Å². The van der Waals surface area contributed by atoms with Crippen molar-refractivity contribution in [1.82, 2.24) is 4.90 Å². The molecule has 0 aliphatic carbocycles. The first-order valence-corrected chi connectivity index (χ1v) is 4.55. The molecule has 4 heteroatoms. The maximum atomic E-state index is 10.5. The zero-order valence-electron chi connectivity index (χ0n) is 6.99. The van der Waals surface area contributed by atoms with Crippen LogP contribution < -0.4 is 5.73 Å². The van der Waals surface area contributed by atoms with E-state index in [9.17, 15) is 4.79 Å². The molecule has 0 saturated carbocycles. The van der Waals surface area contributed by atoms with Gasteiger partial charge in [0.25, 0.3) is 0 Å². The lowest BCUT2D eigenvalue weighted by atomic mass is 10.4. The lowest BCUT2D eigenvalue weighted by Crippen LogP contribution is -2.29. The van der Waals surface area contributed by atoms with Gasteiger partial charge in [0.2, 0.25) is 5.91 Å². The zero-order chi connectivity index (χ0) is 8.97. The van der Waals surface area contributed by atoms with Crippen LogP contribution in [-0.2, 0) is 11.3 Å². The van der Waals surface area contributed by atoms with Crippen LogP contribution in [0.15, 0.2) is 17.5 Å². The SMILES string of the molecule is CN(CC(N)=O)Cc1cccs1. The fourth-order valence-corrected chi connectivity index (χ4v) is 1.77. The van der Waals surface area contributed by atoms with Crippen LogP contribution in [0.1, 0.15) is 4.88 Å². The van der Waals surface area contributed by atoms with Gasteiger partial charge in [-0.2, -0.15) is 0 Å². The Hall–Kier alpha value is -0.870. The predicted molar refractivity (Wildman–Crippen MR) is 49.8 cm³/mol. The molecule has 0 aliphatic heterocycles. The Bertz CT molecular complexity index is 246. The summed E-state index contributed by atoms with van der Waals surface area (Å²) in [5, 5.41) is 2.02. The maximum absolute atomic E-state index is 10.5. The molecule has 1 aromatic rings. The minimum Gasteiger partial charge on any atom is -0.369 e. The highest BCUT2D eigenvalue weighted by Gasteiger charge is 2.03. The number of amides is 1. The Morgan fingerprint density at radius 1 is 1.75 bits per heavy atom. The van der Waals surface area contributed by atoms with E-state index in [0.717, 1.165) is 6.54 Å². The number of primary amides is 1. The number of nitrogens with two attached hydrogens (primary N) is 1. The molecule has 0 bridgehead atoms. The maximum Gasteiger partial charge on any atom is 0.231 e. The van der Waals surface area contributed by atoms with Crippen LogP contribution in [0, 0.1) is 0 Å². The van der Waals surface area contributed by atoms with Crippen molar-refractivity contribution in [2.75, 3.05) is 13.6 Å². The molecular weight excluding hydrogens is 172 g/mol. The van der Waals surface area contributed by atoms with E-state index in [1.54, 1.807) is 11.3 Å². The number of likely N-dealkylation sites (N-methyl/N-ethyl adjacent to an activating group) is 1. The van der Waals surface area contributed by atoms with Crippen molar-refractivity contribution in [2.45, 2.75) is 6.54 Å². The van der Waals surface area contributed by atoms with Gasteiger partial charge in [-0.25, -0.2) is 0 Å². The second kappa shape index (κ2) is 4.23. The second-order valence-electron chi connectivity index (χ2n) is 2.72. The summed E-state index contributed by atoms with van der Waals surface area (Å²) in [5.74, 6) is -0.283. The van der Waals surface area contributed by atoms with Crippen molar-refractivity contribution in [3.8, 4) is 0 Å². The number of hydrogen-bond donors (Lipinski definition) is 1. The second-order valence-corrected chi connectivity index (χ2v) is 3.75. The molecule has 2 N–H and O–H groups in total. The largest absolute Gasteiger partial charge is 0.369 e. The highest BCUT2D eigenvalue weighted by atomic mass is 32.1. The lowest BCUT2D eigenvalue weighted by molar-refractivity contribution is -0.118. The van der Waals surface area contributed by atoms with E-state index in [4.69, 9.17) is 5.73 Å². The molecule has 1 rings (SSSR count). The van der Waals surface area contributed by atoms with Crippen molar-refractivity contribution in [3.05, 3.63) is 22.4 Å². The Labute approximate surface area is 75.8 Å². The first kappa shape index (κ1) is 9.22. The summed E-state index contributed by atoms with van der Waals surface area (Å²) < 4.78 is 0.